The molecule has 1 saturated carbocycles. The lowest BCUT2D eigenvalue weighted by molar-refractivity contribution is -0.139. The first kappa shape index (κ1) is 11.5. The molecule has 0 unspecified atom stereocenters. The largest absolute Gasteiger partial charge is 0.480 e. The normalized spacial score (nSPS) is 20.2. The lowest BCUT2D eigenvalue weighted by Crippen LogP contribution is -2.43. The van der Waals surface area contributed by atoms with Crippen LogP contribution in [0.2, 0.25) is 0 Å². The minimum Gasteiger partial charge on any atom is -0.480 e. The SMILES string of the molecule is CCN(CC(=O)O)CC1(O)CCCC1. The number of nitrogens with zero attached hydrogens (tertiary/aromatic N) is 1. The summed E-state index contributed by atoms with van der Waals surface area (Å²) in [6.07, 6.45) is 3.73. The molecular weight excluding hydrogens is 182 g/mol. The second-order valence-electron chi connectivity index (χ2n) is 4.13. The molecule has 0 radical (unpaired) electrons. The highest BCUT2D eigenvalue weighted by Gasteiger charge is 2.32. The van der Waals surface area contributed by atoms with E-state index in [1.165, 1.54) is 0 Å². The Morgan fingerprint density at radius 2 is 2.00 bits per heavy atom. The van der Waals surface area contributed by atoms with Gasteiger partial charge in [0.25, 0.3) is 0 Å². The quantitative estimate of drug-likeness (QED) is 0.687. The van der Waals surface area contributed by atoms with Gasteiger partial charge in [0.15, 0.2) is 0 Å². The number of likely N-dealkylation sites (N-methyl/N-ethyl adjacent to an activating group) is 1. The number of rotatable bonds is 5. The van der Waals surface area contributed by atoms with Gasteiger partial charge in [0, 0.05) is 6.54 Å². The topological polar surface area (TPSA) is 60.8 Å². The number of hydrogen-bond donors (Lipinski definition) is 2. The maximum Gasteiger partial charge on any atom is 0.317 e. The Kier molecular flexibility index (Phi) is 3.89. The Hall–Kier alpha value is -0.610. The predicted octanol–water partition coefficient (Wildman–Crippen LogP) is 0.698. The number of hydrogen-bond acceptors (Lipinski definition) is 3. The summed E-state index contributed by atoms with van der Waals surface area (Å²) in [7, 11) is 0. The van der Waals surface area contributed by atoms with E-state index >= 15 is 0 Å². The lowest BCUT2D eigenvalue weighted by Gasteiger charge is -2.29. The van der Waals surface area contributed by atoms with Crippen molar-refractivity contribution in [2.24, 2.45) is 0 Å². The van der Waals surface area contributed by atoms with Gasteiger partial charge in [-0.2, -0.15) is 0 Å². The summed E-state index contributed by atoms with van der Waals surface area (Å²) >= 11 is 0. The number of carboxylic acid groups (broad SMARTS) is 1. The van der Waals surface area contributed by atoms with Gasteiger partial charge in [-0.15, -0.1) is 0 Å². The molecule has 1 fully saturated rings. The molecule has 2 N–H and O–H groups in total. The highest BCUT2D eigenvalue weighted by molar-refractivity contribution is 5.69. The summed E-state index contributed by atoms with van der Waals surface area (Å²) < 4.78 is 0. The summed E-state index contributed by atoms with van der Waals surface area (Å²) in [6.45, 7) is 3.12. The zero-order valence-corrected chi connectivity index (χ0v) is 8.70. The van der Waals surface area contributed by atoms with Gasteiger partial charge in [0.05, 0.1) is 12.1 Å². The smallest absolute Gasteiger partial charge is 0.317 e. The molecule has 0 saturated heterocycles. The average molecular weight is 201 g/mol. The zero-order valence-electron chi connectivity index (χ0n) is 8.70. The molecule has 82 valence electrons. The van der Waals surface area contributed by atoms with Crippen molar-refractivity contribution in [2.75, 3.05) is 19.6 Å². The van der Waals surface area contributed by atoms with Crippen LogP contribution in [-0.2, 0) is 4.79 Å². The van der Waals surface area contributed by atoms with Crippen LogP contribution >= 0.6 is 0 Å². The van der Waals surface area contributed by atoms with Crippen molar-refractivity contribution in [3.8, 4) is 0 Å². The Morgan fingerprint density at radius 3 is 2.43 bits per heavy atom. The third kappa shape index (κ3) is 3.27. The van der Waals surface area contributed by atoms with Crippen LogP contribution in [0.15, 0.2) is 0 Å². The van der Waals surface area contributed by atoms with Gasteiger partial charge in [-0.3, -0.25) is 9.69 Å². The Morgan fingerprint density at radius 1 is 1.43 bits per heavy atom. The van der Waals surface area contributed by atoms with Gasteiger partial charge in [0.1, 0.15) is 0 Å². The van der Waals surface area contributed by atoms with Crippen LogP contribution in [0.1, 0.15) is 32.6 Å². The molecule has 1 aliphatic rings. The van der Waals surface area contributed by atoms with E-state index in [1.54, 1.807) is 4.90 Å². The van der Waals surface area contributed by atoms with E-state index in [0.717, 1.165) is 25.7 Å². The molecule has 0 aromatic heterocycles. The van der Waals surface area contributed by atoms with E-state index in [1.807, 2.05) is 6.92 Å². The molecular formula is C10H19NO3. The second kappa shape index (κ2) is 4.75. The van der Waals surface area contributed by atoms with Crippen molar-refractivity contribution >= 4 is 5.97 Å². The van der Waals surface area contributed by atoms with Crippen molar-refractivity contribution in [1.82, 2.24) is 4.90 Å². The third-order valence-electron chi connectivity index (χ3n) is 2.86. The van der Waals surface area contributed by atoms with Gasteiger partial charge in [-0.25, -0.2) is 0 Å². The first-order chi connectivity index (χ1) is 6.56. The maximum atomic E-state index is 10.5. The molecule has 0 spiro atoms. The molecule has 0 aromatic carbocycles. The Labute approximate surface area is 84.5 Å². The van der Waals surface area contributed by atoms with Gasteiger partial charge >= 0.3 is 5.97 Å². The fraction of sp³-hybridized carbons (Fsp3) is 0.900. The van der Waals surface area contributed by atoms with Gasteiger partial charge in [0.2, 0.25) is 0 Å². The fourth-order valence-corrected chi connectivity index (χ4v) is 2.08. The minimum absolute atomic E-state index is 0.0266. The van der Waals surface area contributed by atoms with E-state index in [0.29, 0.717) is 13.1 Å². The third-order valence-corrected chi connectivity index (χ3v) is 2.86. The predicted molar refractivity (Wildman–Crippen MR) is 53.2 cm³/mol. The van der Waals surface area contributed by atoms with Crippen molar-refractivity contribution in [3.05, 3.63) is 0 Å². The molecule has 0 heterocycles. The van der Waals surface area contributed by atoms with Crippen LogP contribution in [-0.4, -0.2) is 46.3 Å². The van der Waals surface area contributed by atoms with Crippen LogP contribution in [0.3, 0.4) is 0 Å². The first-order valence-corrected chi connectivity index (χ1v) is 5.22. The molecule has 1 aliphatic carbocycles. The summed E-state index contributed by atoms with van der Waals surface area (Å²) in [5.41, 5.74) is -0.633. The van der Waals surface area contributed by atoms with Crippen LogP contribution in [0.25, 0.3) is 0 Å². The molecule has 0 atom stereocenters. The average Bonchev–Trinajstić information content (AvgIpc) is 2.50. The molecule has 4 nitrogen and oxygen atoms in total. The molecule has 0 bridgehead atoms. The highest BCUT2D eigenvalue weighted by atomic mass is 16.4. The van der Waals surface area contributed by atoms with Gasteiger partial charge < -0.3 is 10.2 Å². The lowest BCUT2D eigenvalue weighted by atomic mass is 10.0. The van der Waals surface area contributed by atoms with E-state index in [9.17, 15) is 9.90 Å². The van der Waals surface area contributed by atoms with Gasteiger partial charge in [-0.05, 0) is 19.4 Å². The molecule has 1 rings (SSSR count). The summed E-state index contributed by atoms with van der Waals surface area (Å²) in [6, 6.07) is 0. The van der Waals surface area contributed by atoms with Gasteiger partial charge in [-0.1, -0.05) is 19.8 Å². The first-order valence-electron chi connectivity index (χ1n) is 5.22. The van der Waals surface area contributed by atoms with E-state index < -0.39 is 11.6 Å². The van der Waals surface area contributed by atoms with Crippen LogP contribution < -0.4 is 0 Å². The molecule has 0 aliphatic heterocycles. The molecule has 14 heavy (non-hydrogen) atoms. The van der Waals surface area contributed by atoms with E-state index in [-0.39, 0.29) is 6.54 Å². The van der Waals surface area contributed by atoms with Crippen molar-refractivity contribution in [2.45, 2.75) is 38.2 Å². The highest BCUT2D eigenvalue weighted by Crippen LogP contribution is 2.29. The Balaban J connectivity index is 2.42. The van der Waals surface area contributed by atoms with E-state index in [4.69, 9.17) is 5.11 Å². The molecule has 4 heteroatoms. The summed E-state index contributed by atoms with van der Waals surface area (Å²) in [4.78, 5) is 12.3. The summed E-state index contributed by atoms with van der Waals surface area (Å²) in [5, 5.41) is 18.7. The number of carboxylic acids is 1. The second-order valence-corrected chi connectivity index (χ2v) is 4.13. The van der Waals surface area contributed by atoms with Crippen molar-refractivity contribution in [3.63, 3.8) is 0 Å². The standard InChI is InChI=1S/C10H19NO3/c1-2-11(7-9(12)13)8-10(14)5-3-4-6-10/h14H,2-8H2,1H3,(H,12,13). The zero-order chi connectivity index (χ0) is 10.6. The fourth-order valence-electron chi connectivity index (χ4n) is 2.08. The maximum absolute atomic E-state index is 10.5. The van der Waals surface area contributed by atoms with E-state index in [2.05, 4.69) is 0 Å². The van der Waals surface area contributed by atoms with Crippen molar-refractivity contribution < 1.29 is 15.0 Å². The Bertz CT molecular complexity index is 200. The van der Waals surface area contributed by atoms with Crippen molar-refractivity contribution in [1.29, 1.82) is 0 Å². The van der Waals surface area contributed by atoms with Crippen LogP contribution in [0, 0.1) is 0 Å². The monoisotopic (exact) mass is 201 g/mol. The number of aliphatic carboxylic acids is 1. The molecule has 0 aromatic rings. The molecule has 0 amide bonds. The number of aliphatic hydroxyl groups is 1. The summed E-state index contributed by atoms with van der Waals surface area (Å²) in [5.74, 6) is -0.826. The van der Waals surface area contributed by atoms with Crippen LogP contribution in [0.4, 0.5) is 0 Å². The van der Waals surface area contributed by atoms with Crippen LogP contribution in [0.5, 0.6) is 0 Å². The minimum atomic E-state index is -0.826. The number of carbonyl (C=O) groups is 1.